The lowest BCUT2D eigenvalue weighted by Gasteiger charge is -2.27. The van der Waals surface area contributed by atoms with E-state index in [4.69, 9.17) is 4.74 Å². The first-order chi connectivity index (χ1) is 9.16. The van der Waals surface area contributed by atoms with Crippen LogP contribution >= 0.6 is 0 Å². The van der Waals surface area contributed by atoms with Crippen molar-refractivity contribution >= 4 is 6.09 Å². The number of carbonyl (C=O) groups excluding carboxylic acids is 1. The van der Waals surface area contributed by atoms with Gasteiger partial charge in [0.05, 0.1) is 6.54 Å². The van der Waals surface area contributed by atoms with E-state index in [-0.39, 0.29) is 12.2 Å². The highest BCUT2D eigenvalue weighted by Gasteiger charge is 2.35. The molecule has 1 aliphatic carbocycles. The Morgan fingerprint density at radius 1 is 1.21 bits per heavy atom. The van der Waals surface area contributed by atoms with Crippen LogP contribution in [0.15, 0.2) is 0 Å². The maximum atomic E-state index is 12.0. The van der Waals surface area contributed by atoms with Crippen molar-refractivity contribution in [1.29, 1.82) is 0 Å². The Kier molecular flexibility index (Phi) is 5.49. The largest absolute Gasteiger partial charge is 0.443 e. The molecular weight excluding hydrogens is 240 g/mol. The van der Waals surface area contributed by atoms with E-state index in [0.717, 1.165) is 25.9 Å². The summed E-state index contributed by atoms with van der Waals surface area (Å²) in [4.78, 5) is 14.0. The maximum Gasteiger partial charge on any atom is 0.410 e. The van der Waals surface area contributed by atoms with Gasteiger partial charge in [-0.05, 0) is 12.8 Å². The molecule has 0 aromatic rings. The molecule has 4 heteroatoms. The maximum absolute atomic E-state index is 12.0. The van der Waals surface area contributed by atoms with Crippen LogP contribution in [-0.4, -0.2) is 42.3 Å². The molecule has 2 rings (SSSR count). The van der Waals surface area contributed by atoms with Crippen LogP contribution in [0.25, 0.3) is 0 Å². The lowest BCUT2D eigenvalue weighted by atomic mass is 9.96. The minimum atomic E-state index is -0.0962. The third-order valence-electron chi connectivity index (χ3n) is 4.17. The van der Waals surface area contributed by atoms with Crippen molar-refractivity contribution in [3.63, 3.8) is 0 Å². The van der Waals surface area contributed by atoms with Crippen molar-refractivity contribution in [2.45, 2.75) is 77.0 Å². The summed E-state index contributed by atoms with van der Waals surface area (Å²) in [6.07, 6.45) is 8.74. The van der Waals surface area contributed by atoms with Crippen molar-refractivity contribution in [3.8, 4) is 0 Å². The average molecular weight is 268 g/mol. The van der Waals surface area contributed by atoms with Gasteiger partial charge in [0.15, 0.2) is 0 Å². The molecule has 1 amide bonds. The molecule has 0 radical (unpaired) electrons. The molecule has 1 heterocycles. The number of hydrogen-bond donors (Lipinski definition) is 1. The normalized spacial score (nSPS) is 26.4. The smallest absolute Gasteiger partial charge is 0.410 e. The summed E-state index contributed by atoms with van der Waals surface area (Å²) < 4.78 is 5.47. The second-order valence-corrected chi connectivity index (χ2v) is 6.22. The van der Waals surface area contributed by atoms with Crippen molar-refractivity contribution in [3.05, 3.63) is 0 Å². The Labute approximate surface area is 116 Å². The van der Waals surface area contributed by atoms with Gasteiger partial charge < -0.3 is 15.0 Å². The zero-order valence-corrected chi connectivity index (χ0v) is 12.4. The molecule has 0 aromatic carbocycles. The topological polar surface area (TPSA) is 41.6 Å². The highest BCUT2D eigenvalue weighted by molar-refractivity contribution is 5.70. The van der Waals surface area contributed by atoms with Crippen molar-refractivity contribution in [1.82, 2.24) is 10.2 Å². The molecule has 0 unspecified atom stereocenters. The van der Waals surface area contributed by atoms with E-state index in [0.29, 0.717) is 12.1 Å². The Morgan fingerprint density at radius 3 is 2.47 bits per heavy atom. The molecule has 2 aliphatic rings. The summed E-state index contributed by atoms with van der Waals surface area (Å²) >= 11 is 0. The number of amides is 1. The Hall–Kier alpha value is -0.770. The van der Waals surface area contributed by atoms with E-state index in [2.05, 4.69) is 19.2 Å². The van der Waals surface area contributed by atoms with Gasteiger partial charge in [-0.15, -0.1) is 0 Å². The number of cyclic esters (lactones) is 1. The summed E-state index contributed by atoms with van der Waals surface area (Å²) in [6.45, 7) is 5.77. The van der Waals surface area contributed by atoms with Gasteiger partial charge in [0.25, 0.3) is 0 Å². The van der Waals surface area contributed by atoms with Crippen LogP contribution in [-0.2, 0) is 4.74 Å². The van der Waals surface area contributed by atoms with Gasteiger partial charge in [-0.3, -0.25) is 0 Å². The van der Waals surface area contributed by atoms with Crippen molar-refractivity contribution < 1.29 is 9.53 Å². The Balaban J connectivity index is 1.83. The molecule has 1 atom stereocenters. The summed E-state index contributed by atoms with van der Waals surface area (Å²) in [5.74, 6) is 0. The monoisotopic (exact) mass is 268 g/mol. The fourth-order valence-corrected chi connectivity index (χ4v) is 3.06. The van der Waals surface area contributed by atoms with Gasteiger partial charge in [0.2, 0.25) is 0 Å². The highest BCUT2D eigenvalue weighted by Crippen LogP contribution is 2.25. The second-order valence-electron chi connectivity index (χ2n) is 6.22. The van der Waals surface area contributed by atoms with Crippen molar-refractivity contribution in [2.75, 3.05) is 13.1 Å². The fraction of sp³-hybridized carbons (Fsp3) is 0.933. The third-order valence-corrected chi connectivity index (χ3v) is 4.17. The first-order valence-electron chi connectivity index (χ1n) is 7.87. The van der Waals surface area contributed by atoms with Crippen LogP contribution in [0.5, 0.6) is 0 Å². The zero-order valence-electron chi connectivity index (χ0n) is 12.4. The van der Waals surface area contributed by atoms with Gasteiger partial charge in [0, 0.05) is 18.6 Å². The molecule has 1 saturated heterocycles. The quantitative estimate of drug-likeness (QED) is 0.852. The van der Waals surface area contributed by atoms with Gasteiger partial charge >= 0.3 is 6.09 Å². The van der Waals surface area contributed by atoms with Crippen LogP contribution < -0.4 is 5.32 Å². The number of nitrogens with one attached hydrogen (secondary N) is 1. The molecule has 1 saturated carbocycles. The average Bonchev–Trinajstić information content (AvgIpc) is 2.68. The Bertz CT molecular complexity index is 286. The van der Waals surface area contributed by atoms with Crippen LogP contribution in [0.1, 0.15) is 58.8 Å². The van der Waals surface area contributed by atoms with Crippen molar-refractivity contribution in [2.24, 2.45) is 0 Å². The molecule has 110 valence electrons. The van der Waals surface area contributed by atoms with Gasteiger partial charge in [-0.25, -0.2) is 4.79 Å². The number of rotatable bonds is 4. The highest BCUT2D eigenvalue weighted by atomic mass is 16.6. The first kappa shape index (κ1) is 14.6. The SMILES string of the molecule is CC(C)NC[C@@H]1CN(C2CCCCCCC2)C(=O)O1. The van der Waals surface area contributed by atoms with Crippen LogP contribution in [0.4, 0.5) is 4.79 Å². The van der Waals surface area contributed by atoms with Crippen LogP contribution in [0.3, 0.4) is 0 Å². The predicted molar refractivity (Wildman–Crippen MR) is 76.2 cm³/mol. The molecule has 1 aliphatic heterocycles. The minimum Gasteiger partial charge on any atom is -0.443 e. The van der Waals surface area contributed by atoms with Gasteiger partial charge in [-0.1, -0.05) is 46.0 Å². The molecule has 0 bridgehead atoms. The lowest BCUT2D eigenvalue weighted by Crippen LogP contribution is -2.38. The van der Waals surface area contributed by atoms with E-state index in [1.807, 2.05) is 4.90 Å². The molecule has 0 aromatic heterocycles. The standard InChI is InChI=1S/C15H28N2O2/c1-12(2)16-10-14-11-17(15(18)19-14)13-8-6-4-3-5-7-9-13/h12-14,16H,3-11H2,1-2H3/t14-/m1/s1. The van der Waals surface area contributed by atoms with E-state index >= 15 is 0 Å². The number of carbonyl (C=O) groups is 1. The zero-order chi connectivity index (χ0) is 13.7. The predicted octanol–water partition coefficient (Wildman–Crippen LogP) is 2.92. The molecule has 2 fully saturated rings. The molecule has 4 nitrogen and oxygen atoms in total. The lowest BCUT2D eigenvalue weighted by molar-refractivity contribution is 0.123. The van der Waals surface area contributed by atoms with E-state index in [1.165, 1.54) is 32.1 Å². The summed E-state index contributed by atoms with van der Waals surface area (Å²) in [5, 5.41) is 3.35. The van der Waals surface area contributed by atoms with Crippen LogP contribution in [0.2, 0.25) is 0 Å². The second kappa shape index (κ2) is 7.13. The molecule has 19 heavy (non-hydrogen) atoms. The number of nitrogens with zero attached hydrogens (tertiary/aromatic N) is 1. The minimum absolute atomic E-state index is 0.0281. The van der Waals surface area contributed by atoms with E-state index in [9.17, 15) is 4.79 Å². The van der Waals surface area contributed by atoms with E-state index < -0.39 is 0 Å². The molecule has 1 N–H and O–H groups in total. The fourth-order valence-electron chi connectivity index (χ4n) is 3.06. The molecular formula is C15H28N2O2. The van der Waals surface area contributed by atoms with E-state index in [1.54, 1.807) is 0 Å². The van der Waals surface area contributed by atoms with Crippen LogP contribution in [0, 0.1) is 0 Å². The summed E-state index contributed by atoms with van der Waals surface area (Å²) in [7, 11) is 0. The third kappa shape index (κ3) is 4.37. The Morgan fingerprint density at radius 2 is 1.84 bits per heavy atom. The molecule has 0 spiro atoms. The summed E-state index contributed by atoms with van der Waals surface area (Å²) in [6, 6.07) is 0.853. The number of hydrogen-bond acceptors (Lipinski definition) is 3. The van der Waals surface area contributed by atoms with Gasteiger partial charge in [-0.2, -0.15) is 0 Å². The number of ether oxygens (including phenoxy) is 1. The summed E-state index contributed by atoms with van der Waals surface area (Å²) in [5.41, 5.74) is 0. The first-order valence-corrected chi connectivity index (χ1v) is 7.87. The van der Waals surface area contributed by atoms with Gasteiger partial charge in [0.1, 0.15) is 6.10 Å².